The summed E-state index contributed by atoms with van der Waals surface area (Å²) >= 11 is 11.6. The number of nitrogens with one attached hydrogen (secondary N) is 1. The van der Waals surface area contributed by atoms with Gasteiger partial charge < -0.3 is 10.2 Å². The summed E-state index contributed by atoms with van der Waals surface area (Å²) in [4.78, 5) is 0. The lowest BCUT2D eigenvalue weighted by atomic mass is 10.3. The number of methoxy groups -OCH3 is 1. The number of hydrazine groups is 1. The van der Waals surface area contributed by atoms with E-state index in [9.17, 15) is 0 Å². The fraction of sp³-hybridized carbons (Fsp3) is 0.143. The number of benzene rings is 1. The molecule has 0 amide bonds. The van der Waals surface area contributed by atoms with Crippen molar-refractivity contribution in [2.45, 2.75) is 0 Å². The third kappa shape index (κ3) is 1.75. The Morgan fingerprint density at radius 2 is 2.00 bits per heavy atom. The second-order valence-electron chi connectivity index (χ2n) is 2.11. The third-order valence-corrected chi connectivity index (χ3v) is 2.01. The van der Waals surface area contributed by atoms with Gasteiger partial charge in [0.2, 0.25) is 0 Å². The first-order valence-corrected chi connectivity index (χ1v) is 3.94. The average Bonchev–Trinajstić information content (AvgIpc) is 2.05. The van der Waals surface area contributed by atoms with Crippen LogP contribution < -0.4 is 16.0 Å². The van der Waals surface area contributed by atoms with Crippen molar-refractivity contribution >= 4 is 28.9 Å². The highest BCUT2D eigenvalue weighted by molar-refractivity contribution is 6.37. The molecule has 66 valence electrons. The van der Waals surface area contributed by atoms with E-state index in [1.54, 1.807) is 12.1 Å². The van der Waals surface area contributed by atoms with Gasteiger partial charge in [-0.2, -0.15) is 0 Å². The second-order valence-corrected chi connectivity index (χ2v) is 2.93. The van der Waals surface area contributed by atoms with E-state index in [0.29, 0.717) is 21.5 Å². The van der Waals surface area contributed by atoms with E-state index in [-0.39, 0.29) is 0 Å². The molecule has 3 N–H and O–H groups in total. The van der Waals surface area contributed by atoms with Crippen molar-refractivity contribution in [3.05, 3.63) is 22.2 Å². The van der Waals surface area contributed by atoms with Crippen molar-refractivity contribution in [2.75, 3.05) is 12.5 Å². The van der Waals surface area contributed by atoms with Crippen molar-refractivity contribution in [1.29, 1.82) is 0 Å². The molecule has 1 rings (SSSR count). The molecule has 0 aromatic heterocycles. The molecule has 3 nitrogen and oxygen atoms in total. The zero-order valence-corrected chi connectivity index (χ0v) is 7.91. The Hall–Kier alpha value is -0.640. The number of halogens is 2. The van der Waals surface area contributed by atoms with Crippen LogP contribution in [0.4, 0.5) is 5.69 Å². The Bertz CT molecular complexity index is 266. The zero-order valence-electron chi connectivity index (χ0n) is 6.40. The van der Waals surface area contributed by atoms with Crippen molar-refractivity contribution in [1.82, 2.24) is 0 Å². The number of anilines is 1. The van der Waals surface area contributed by atoms with E-state index < -0.39 is 0 Å². The molecule has 0 bridgehead atoms. The maximum absolute atomic E-state index is 5.78. The molecule has 0 atom stereocenters. The Morgan fingerprint density at radius 3 is 2.50 bits per heavy atom. The molecule has 12 heavy (non-hydrogen) atoms. The Kier molecular flexibility index (Phi) is 3.03. The van der Waals surface area contributed by atoms with Crippen molar-refractivity contribution in [2.24, 2.45) is 5.84 Å². The summed E-state index contributed by atoms with van der Waals surface area (Å²) in [7, 11) is 1.52. The van der Waals surface area contributed by atoms with Crippen LogP contribution >= 0.6 is 23.2 Å². The lowest BCUT2D eigenvalue weighted by Crippen LogP contribution is -2.07. The monoisotopic (exact) mass is 206 g/mol. The predicted molar refractivity (Wildman–Crippen MR) is 50.8 cm³/mol. The molecular weight excluding hydrogens is 199 g/mol. The number of rotatable bonds is 2. The Morgan fingerprint density at radius 1 is 1.33 bits per heavy atom. The molecule has 5 heteroatoms. The summed E-state index contributed by atoms with van der Waals surface area (Å²) in [6.07, 6.45) is 0. The van der Waals surface area contributed by atoms with Gasteiger partial charge >= 0.3 is 0 Å². The Balaban J connectivity index is 3.18. The van der Waals surface area contributed by atoms with Gasteiger partial charge in [-0.25, -0.2) is 0 Å². The first-order valence-electron chi connectivity index (χ1n) is 3.18. The molecule has 0 heterocycles. The number of nitrogens with two attached hydrogens (primary N) is 1. The topological polar surface area (TPSA) is 47.3 Å². The summed E-state index contributed by atoms with van der Waals surface area (Å²) in [6.45, 7) is 0. The quantitative estimate of drug-likeness (QED) is 0.577. The van der Waals surface area contributed by atoms with Crippen LogP contribution in [0.1, 0.15) is 0 Å². The molecule has 1 aromatic rings. The van der Waals surface area contributed by atoms with E-state index in [4.69, 9.17) is 33.8 Å². The van der Waals surface area contributed by atoms with Crippen LogP contribution in [0.3, 0.4) is 0 Å². The van der Waals surface area contributed by atoms with E-state index >= 15 is 0 Å². The van der Waals surface area contributed by atoms with Gasteiger partial charge in [0.25, 0.3) is 0 Å². The molecule has 0 radical (unpaired) electrons. The molecule has 0 spiro atoms. The third-order valence-electron chi connectivity index (χ3n) is 1.40. The first-order chi connectivity index (χ1) is 5.69. The van der Waals surface area contributed by atoms with Gasteiger partial charge in [0.05, 0.1) is 22.8 Å². The lowest BCUT2D eigenvalue weighted by molar-refractivity contribution is 0.415. The maximum Gasteiger partial charge on any atom is 0.139 e. The number of ether oxygens (including phenoxy) is 1. The highest BCUT2D eigenvalue weighted by Gasteiger charge is 2.05. The van der Waals surface area contributed by atoms with Crippen LogP contribution in [-0.4, -0.2) is 7.11 Å². The van der Waals surface area contributed by atoms with Crippen LogP contribution in [0.2, 0.25) is 10.0 Å². The minimum Gasteiger partial charge on any atom is -0.495 e. The van der Waals surface area contributed by atoms with Crippen LogP contribution in [-0.2, 0) is 0 Å². The van der Waals surface area contributed by atoms with Gasteiger partial charge in [-0.3, -0.25) is 5.84 Å². The smallest absolute Gasteiger partial charge is 0.139 e. The highest BCUT2D eigenvalue weighted by Crippen LogP contribution is 2.33. The molecule has 0 aliphatic heterocycles. The first kappa shape index (κ1) is 9.45. The fourth-order valence-electron chi connectivity index (χ4n) is 0.796. The molecule has 0 aliphatic carbocycles. The van der Waals surface area contributed by atoms with Crippen molar-refractivity contribution in [3.63, 3.8) is 0 Å². The zero-order chi connectivity index (χ0) is 9.14. The van der Waals surface area contributed by atoms with Crippen molar-refractivity contribution < 1.29 is 4.74 Å². The van der Waals surface area contributed by atoms with Crippen molar-refractivity contribution in [3.8, 4) is 5.75 Å². The van der Waals surface area contributed by atoms with E-state index in [2.05, 4.69) is 5.43 Å². The fourth-order valence-corrected chi connectivity index (χ4v) is 1.31. The van der Waals surface area contributed by atoms with E-state index in [0.717, 1.165) is 0 Å². The summed E-state index contributed by atoms with van der Waals surface area (Å²) in [5.74, 6) is 5.73. The number of nitrogen functional groups attached to an aromatic ring is 1. The molecule has 0 saturated heterocycles. The lowest BCUT2D eigenvalue weighted by Gasteiger charge is -2.07. The van der Waals surface area contributed by atoms with Gasteiger partial charge in [-0.05, 0) is 6.07 Å². The minimum atomic E-state index is 0.460. The van der Waals surface area contributed by atoms with Gasteiger partial charge in [0.1, 0.15) is 5.75 Å². The summed E-state index contributed by atoms with van der Waals surface area (Å²) in [6, 6.07) is 3.20. The van der Waals surface area contributed by atoms with E-state index in [1.807, 2.05) is 0 Å². The maximum atomic E-state index is 5.78. The summed E-state index contributed by atoms with van der Waals surface area (Å²) in [5.41, 5.74) is 3.01. The van der Waals surface area contributed by atoms with Gasteiger partial charge in [0.15, 0.2) is 0 Å². The number of hydrogen-bond donors (Lipinski definition) is 2. The molecule has 0 aliphatic rings. The molecule has 0 unspecified atom stereocenters. The molecule has 0 fully saturated rings. The minimum absolute atomic E-state index is 0.460. The van der Waals surface area contributed by atoms with Crippen LogP contribution in [0.25, 0.3) is 0 Å². The largest absolute Gasteiger partial charge is 0.495 e. The van der Waals surface area contributed by atoms with Gasteiger partial charge in [0, 0.05) is 6.07 Å². The molecular formula is C7H8Cl2N2O. The molecule has 1 aromatic carbocycles. The normalized spacial score (nSPS) is 9.67. The standard InChI is InChI=1S/C7H8Cl2N2O/c1-12-7-3-6(11-10)4(8)2-5(7)9/h2-3,11H,10H2,1H3. The number of hydrogen-bond acceptors (Lipinski definition) is 3. The Labute approximate surface area is 80.4 Å². The van der Waals surface area contributed by atoms with E-state index in [1.165, 1.54) is 7.11 Å². The molecule has 0 saturated carbocycles. The average molecular weight is 207 g/mol. The summed E-state index contributed by atoms with van der Waals surface area (Å²) < 4.78 is 4.96. The van der Waals surface area contributed by atoms with Gasteiger partial charge in [-0.1, -0.05) is 23.2 Å². The van der Waals surface area contributed by atoms with Crippen LogP contribution in [0, 0.1) is 0 Å². The predicted octanol–water partition coefficient (Wildman–Crippen LogP) is 2.29. The second kappa shape index (κ2) is 3.85. The van der Waals surface area contributed by atoms with Crippen LogP contribution in [0.15, 0.2) is 12.1 Å². The highest BCUT2D eigenvalue weighted by atomic mass is 35.5. The SMILES string of the molecule is COc1cc(NN)c(Cl)cc1Cl. The van der Waals surface area contributed by atoms with Crippen LogP contribution in [0.5, 0.6) is 5.75 Å². The van der Waals surface area contributed by atoms with Gasteiger partial charge in [-0.15, -0.1) is 0 Å². The summed E-state index contributed by atoms with van der Waals surface area (Å²) in [5, 5.41) is 0.921.